The van der Waals surface area contributed by atoms with E-state index in [2.05, 4.69) is 23.0 Å². The normalized spacial score (nSPS) is 14.1. The van der Waals surface area contributed by atoms with Gasteiger partial charge >= 0.3 is 0 Å². The van der Waals surface area contributed by atoms with Gasteiger partial charge in [-0.2, -0.15) is 0 Å². The first-order valence-corrected chi connectivity index (χ1v) is 9.30. The van der Waals surface area contributed by atoms with Gasteiger partial charge in [-0.15, -0.1) is 0 Å². The van der Waals surface area contributed by atoms with Crippen LogP contribution in [0, 0.1) is 6.92 Å². The Morgan fingerprint density at radius 2 is 2.07 bits per heavy atom. The second-order valence-electron chi connectivity index (χ2n) is 7.08. The predicted molar refractivity (Wildman–Crippen MR) is 115 cm³/mol. The van der Waals surface area contributed by atoms with Gasteiger partial charge in [-0.3, -0.25) is 14.6 Å². The van der Waals surface area contributed by atoms with Gasteiger partial charge in [0.1, 0.15) is 0 Å². The molecule has 5 heteroatoms. The number of anilines is 1. The van der Waals surface area contributed by atoms with Crippen molar-refractivity contribution in [1.82, 2.24) is 4.57 Å². The van der Waals surface area contributed by atoms with E-state index in [0.29, 0.717) is 18.4 Å². The number of carbonyl (C=O) groups excluding carboxylic acids is 1. The van der Waals surface area contributed by atoms with Crippen LogP contribution < -0.4 is 10.9 Å². The maximum absolute atomic E-state index is 12.1. The minimum atomic E-state index is -0.0121. The summed E-state index contributed by atoms with van der Waals surface area (Å²) in [5.41, 5.74) is 6.77. The molecule has 0 bridgehead atoms. The second-order valence-corrected chi connectivity index (χ2v) is 7.08. The number of hydrogen-bond acceptors (Lipinski definition) is 3. The van der Waals surface area contributed by atoms with Gasteiger partial charge in [0.2, 0.25) is 5.91 Å². The highest BCUT2D eigenvalue weighted by molar-refractivity contribution is 5.95. The average molecular weight is 375 g/mol. The number of hydrogen-bond donors (Lipinski definition) is 1. The average Bonchev–Trinajstić information content (AvgIpc) is 2.66. The van der Waals surface area contributed by atoms with Crippen LogP contribution in [0.2, 0.25) is 0 Å². The molecular formula is C23H25N3O2. The molecule has 0 spiro atoms. The van der Waals surface area contributed by atoms with Crippen LogP contribution in [0.25, 0.3) is 11.1 Å². The van der Waals surface area contributed by atoms with Gasteiger partial charge in [-0.25, -0.2) is 0 Å². The number of aromatic nitrogens is 1. The smallest absolute Gasteiger partial charge is 0.253 e. The molecule has 1 aliphatic heterocycles. The zero-order valence-electron chi connectivity index (χ0n) is 16.6. The Hall–Kier alpha value is -3.21. The van der Waals surface area contributed by atoms with Crippen molar-refractivity contribution in [3.63, 3.8) is 0 Å². The van der Waals surface area contributed by atoms with Gasteiger partial charge in [-0.05, 0) is 59.7 Å². The lowest BCUT2D eigenvalue weighted by Gasteiger charge is -2.21. The standard InChI is InChI=1S/C23H25N3O2/c1-5-6-16(13-24-3)10-18-11-17-7-8-22(27)25-21(17)12-20(18)19-9-15(2)23(28)26(4)14-19/h5-6,9,11-14H,1,7-8,10H2,2-4H3,(H,25,27)/b16-6-,24-13?. The van der Waals surface area contributed by atoms with Crippen LogP contribution in [0.5, 0.6) is 0 Å². The van der Waals surface area contributed by atoms with E-state index in [9.17, 15) is 9.59 Å². The van der Waals surface area contributed by atoms with Crippen LogP contribution in [0.15, 0.2) is 58.5 Å². The molecule has 1 aromatic carbocycles. The van der Waals surface area contributed by atoms with Crippen LogP contribution in [-0.4, -0.2) is 23.7 Å². The Kier molecular flexibility index (Phi) is 5.73. The molecule has 2 aromatic rings. The van der Waals surface area contributed by atoms with E-state index in [0.717, 1.165) is 39.9 Å². The number of carbonyl (C=O) groups is 1. The number of allylic oxidation sites excluding steroid dienone is 3. The van der Waals surface area contributed by atoms with Crippen molar-refractivity contribution in [2.45, 2.75) is 26.2 Å². The van der Waals surface area contributed by atoms with E-state index in [1.807, 2.05) is 37.5 Å². The fraction of sp³-hybridized carbons (Fsp3) is 0.261. The summed E-state index contributed by atoms with van der Waals surface area (Å²) in [5, 5.41) is 2.98. The summed E-state index contributed by atoms with van der Waals surface area (Å²) in [6.07, 6.45) is 9.28. The summed E-state index contributed by atoms with van der Waals surface area (Å²) in [4.78, 5) is 28.1. The summed E-state index contributed by atoms with van der Waals surface area (Å²) in [7, 11) is 3.50. The minimum Gasteiger partial charge on any atom is -0.326 e. The SMILES string of the molecule is C=C/C=C(\C=NC)Cc1cc2c(cc1-c1cc(C)c(=O)n(C)c1)NC(=O)CC2. The van der Waals surface area contributed by atoms with E-state index in [4.69, 9.17) is 0 Å². The first-order chi connectivity index (χ1) is 13.4. The molecular weight excluding hydrogens is 350 g/mol. The largest absolute Gasteiger partial charge is 0.326 e. The Balaban J connectivity index is 2.19. The lowest BCUT2D eigenvalue weighted by molar-refractivity contribution is -0.116. The monoisotopic (exact) mass is 375 g/mol. The van der Waals surface area contributed by atoms with Crippen molar-refractivity contribution >= 4 is 17.8 Å². The number of aryl methyl sites for hydroxylation is 3. The number of benzene rings is 1. The molecule has 0 radical (unpaired) electrons. The molecule has 0 saturated heterocycles. The number of fused-ring (bicyclic) bond motifs is 1. The third kappa shape index (κ3) is 4.03. The summed E-state index contributed by atoms with van der Waals surface area (Å²) in [5.74, 6) is 0.0354. The lowest BCUT2D eigenvalue weighted by atomic mass is 9.90. The van der Waals surface area contributed by atoms with Gasteiger partial charge in [-0.1, -0.05) is 24.8 Å². The first-order valence-electron chi connectivity index (χ1n) is 9.30. The maximum Gasteiger partial charge on any atom is 0.253 e. The van der Waals surface area contributed by atoms with E-state index < -0.39 is 0 Å². The van der Waals surface area contributed by atoms with Crippen LogP contribution in [0.3, 0.4) is 0 Å². The summed E-state index contributed by atoms with van der Waals surface area (Å²) < 4.78 is 1.60. The minimum absolute atomic E-state index is 0.0121. The third-order valence-corrected chi connectivity index (χ3v) is 4.92. The van der Waals surface area contributed by atoms with Crippen molar-refractivity contribution in [3.05, 3.63) is 75.7 Å². The molecule has 28 heavy (non-hydrogen) atoms. The quantitative estimate of drug-likeness (QED) is 0.641. The Bertz CT molecular complexity index is 1030. The molecule has 5 nitrogen and oxygen atoms in total. The van der Waals surface area contributed by atoms with E-state index >= 15 is 0 Å². The number of amides is 1. The second kappa shape index (κ2) is 8.21. The van der Waals surface area contributed by atoms with Gasteiger partial charge in [0.25, 0.3) is 5.56 Å². The fourth-order valence-electron chi connectivity index (χ4n) is 3.60. The van der Waals surface area contributed by atoms with Crippen LogP contribution in [0.1, 0.15) is 23.1 Å². The molecule has 1 aliphatic rings. The first kappa shape index (κ1) is 19.5. The third-order valence-electron chi connectivity index (χ3n) is 4.92. The van der Waals surface area contributed by atoms with E-state index in [1.165, 1.54) is 0 Å². The lowest BCUT2D eigenvalue weighted by Crippen LogP contribution is -2.20. The maximum atomic E-state index is 12.1. The Morgan fingerprint density at radius 3 is 2.75 bits per heavy atom. The van der Waals surface area contributed by atoms with E-state index in [-0.39, 0.29) is 11.5 Å². The predicted octanol–water partition coefficient (Wildman–Crippen LogP) is 3.60. The van der Waals surface area contributed by atoms with Crippen molar-refractivity contribution in [2.24, 2.45) is 12.0 Å². The molecule has 144 valence electrons. The van der Waals surface area contributed by atoms with Crippen LogP contribution >= 0.6 is 0 Å². The van der Waals surface area contributed by atoms with Gasteiger partial charge in [0.05, 0.1) is 0 Å². The summed E-state index contributed by atoms with van der Waals surface area (Å²) in [6.45, 7) is 5.61. The molecule has 1 aromatic heterocycles. The molecule has 0 atom stereocenters. The molecule has 0 saturated carbocycles. The number of rotatable bonds is 5. The molecule has 1 N–H and O–H groups in total. The Labute approximate surface area is 165 Å². The summed E-state index contributed by atoms with van der Waals surface area (Å²) >= 11 is 0. The topological polar surface area (TPSA) is 63.5 Å². The molecule has 0 aliphatic carbocycles. The zero-order chi connectivity index (χ0) is 20.3. The van der Waals surface area contributed by atoms with Crippen LogP contribution in [0.4, 0.5) is 5.69 Å². The molecule has 1 amide bonds. The van der Waals surface area contributed by atoms with E-state index in [1.54, 1.807) is 24.7 Å². The van der Waals surface area contributed by atoms with Crippen molar-refractivity contribution in [2.75, 3.05) is 12.4 Å². The van der Waals surface area contributed by atoms with Crippen LogP contribution in [-0.2, 0) is 24.7 Å². The number of pyridine rings is 1. The van der Waals surface area contributed by atoms with Crippen molar-refractivity contribution in [3.8, 4) is 11.1 Å². The van der Waals surface area contributed by atoms with Gasteiger partial charge < -0.3 is 9.88 Å². The highest BCUT2D eigenvalue weighted by atomic mass is 16.1. The summed E-state index contributed by atoms with van der Waals surface area (Å²) in [6, 6.07) is 6.09. The molecule has 2 heterocycles. The molecule has 0 fully saturated rings. The highest BCUT2D eigenvalue weighted by Crippen LogP contribution is 2.33. The van der Waals surface area contributed by atoms with Crippen molar-refractivity contribution < 1.29 is 4.79 Å². The Morgan fingerprint density at radius 1 is 1.29 bits per heavy atom. The fourth-order valence-corrected chi connectivity index (χ4v) is 3.60. The number of nitrogens with zero attached hydrogens (tertiary/aromatic N) is 2. The molecule has 0 unspecified atom stereocenters. The number of nitrogens with one attached hydrogen (secondary N) is 1. The van der Waals surface area contributed by atoms with Gasteiger partial charge in [0, 0.05) is 44.2 Å². The van der Waals surface area contributed by atoms with Crippen molar-refractivity contribution in [1.29, 1.82) is 0 Å². The molecule has 3 rings (SSSR count). The number of aliphatic imine (C=N–C) groups is 1. The van der Waals surface area contributed by atoms with Gasteiger partial charge in [0.15, 0.2) is 0 Å². The highest BCUT2D eigenvalue weighted by Gasteiger charge is 2.19. The zero-order valence-corrected chi connectivity index (χ0v) is 16.6.